The molecule has 1 aliphatic heterocycles. The van der Waals surface area contributed by atoms with Crippen molar-refractivity contribution in [2.45, 2.75) is 26.7 Å². The van der Waals surface area contributed by atoms with Crippen molar-refractivity contribution in [2.24, 2.45) is 11.7 Å². The summed E-state index contributed by atoms with van der Waals surface area (Å²) in [6.07, 6.45) is 1.42. The maximum Gasteiger partial charge on any atom is 0.220 e. The number of ketones is 1. The van der Waals surface area contributed by atoms with E-state index in [2.05, 4.69) is 4.90 Å². The lowest BCUT2D eigenvalue weighted by Gasteiger charge is -2.29. The summed E-state index contributed by atoms with van der Waals surface area (Å²) < 4.78 is 1.99. The van der Waals surface area contributed by atoms with E-state index in [-0.39, 0.29) is 17.6 Å². The fourth-order valence-corrected chi connectivity index (χ4v) is 4.29. The number of hydrogen-bond acceptors (Lipinski definition) is 3. The van der Waals surface area contributed by atoms with Gasteiger partial charge in [-0.1, -0.05) is 23.2 Å². The summed E-state index contributed by atoms with van der Waals surface area (Å²) in [6.45, 7) is 5.64. The molecule has 0 saturated carbocycles. The average Bonchev–Trinajstić information content (AvgIpc) is 2.89. The Balaban J connectivity index is 1.78. The van der Waals surface area contributed by atoms with Gasteiger partial charge in [0.2, 0.25) is 5.91 Å². The molecule has 7 heteroatoms. The lowest BCUT2D eigenvalue weighted by Crippen LogP contribution is -2.40. The third kappa shape index (κ3) is 4.37. The van der Waals surface area contributed by atoms with Gasteiger partial charge < -0.3 is 10.3 Å². The van der Waals surface area contributed by atoms with Crippen molar-refractivity contribution in [1.29, 1.82) is 0 Å². The van der Waals surface area contributed by atoms with E-state index in [0.29, 0.717) is 48.1 Å². The number of nitrogens with two attached hydrogens (primary N) is 1. The highest BCUT2D eigenvalue weighted by atomic mass is 35.5. The van der Waals surface area contributed by atoms with Gasteiger partial charge in [-0.25, -0.2) is 0 Å². The average molecular weight is 408 g/mol. The largest absolute Gasteiger partial charge is 0.369 e. The highest BCUT2D eigenvalue weighted by molar-refractivity contribution is 6.34. The molecule has 0 unspecified atom stereocenters. The molecule has 3 rings (SSSR count). The molecular formula is C20H23Cl2N3O2. The SMILES string of the molecule is Cc1cc(C(=O)CN2CCC(C(N)=O)CC2)c(C)n1-c1cc(Cl)cc(Cl)c1. The van der Waals surface area contributed by atoms with E-state index in [9.17, 15) is 9.59 Å². The van der Waals surface area contributed by atoms with Crippen molar-refractivity contribution in [1.82, 2.24) is 9.47 Å². The van der Waals surface area contributed by atoms with Crippen LogP contribution in [-0.2, 0) is 4.79 Å². The molecule has 0 aliphatic carbocycles. The van der Waals surface area contributed by atoms with Crippen molar-refractivity contribution in [3.05, 3.63) is 51.3 Å². The topological polar surface area (TPSA) is 68.3 Å². The third-order valence-corrected chi connectivity index (χ3v) is 5.63. The first-order valence-corrected chi connectivity index (χ1v) is 9.72. The number of halogens is 2. The molecule has 5 nitrogen and oxygen atoms in total. The van der Waals surface area contributed by atoms with Gasteiger partial charge in [0.25, 0.3) is 0 Å². The Morgan fingerprint density at radius 1 is 1.07 bits per heavy atom. The summed E-state index contributed by atoms with van der Waals surface area (Å²) in [6, 6.07) is 7.25. The minimum atomic E-state index is -0.246. The van der Waals surface area contributed by atoms with Crippen LogP contribution in [0.15, 0.2) is 24.3 Å². The van der Waals surface area contributed by atoms with Crippen LogP contribution >= 0.6 is 23.2 Å². The molecular weight excluding hydrogens is 385 g/mol. The van der Waals surface area contributed by atoms with Crippen molar-refractivity contribution >= 4 is 34.9 Å². The highest BCUT2D eigenvalue weighted by Gasteiger charge is 2.25. The normalized spacial score (nSPS) is 15.9. The van der Waals surface area contributed by atoms with Gasteiger partial charge in [0.05, 0.1) is 6.54 Å². The molecule has 2 aromatic rings. The van der Waals surface area contributed by atoms with Gasteiger partial charge in [0.15, 0.2) is 5.78 Å². The van der Waals surface area contributed by atoms with E-state index in [1.54, 1.807) is 6.07 Å². The summed E-state index contributed by atoms with van der Waals surface area (Å²) in [5.41, 5.74) is 8.72. The van der Waals surface area contributed by atoms with Crippen LogP contribution < -0.4 is 5.73 Å². The number of Topliss-reactive ketones (excluding diaryl/α,β-unsaturated/α-hetero) is 1. The molecule has 2 heterocycles. The lowest BCUT2D eigenvalue weighted by atomic mass is 9.96. The zero-order valence-electron chi connectivity index (χ0n) is 15.5. The molecule has 0 bridgehead atoms. The number of nitrogens with zero attached hydrogens (tertiary/aromatic N) is 2. The van der Waals surface area contributed by atoms with Gasteiger partial charge in [0, 0.05) is 38.6 Å². The van der Waals surface area contributed by atoms with Gasteiger partial charge in [0.1, 0.15) is 0 Å². The summed E-state index contributed by atoms with van der Waals surface area (Å²) in [5, 5.41) is 1.10. The van der Waals surface area contributed by atoms with Crippen molar-refractivity contribution in [3.8, 4) is 5.69 Å². The number of carbonyl (C=O) groups is 2. The molecule has 2 N–H and O–H groups in total. The molecule has 27 heavy (non-hydrogen) atoms. The van der Waals surface area contributed by atoms with E-state index in [1.165, 1.54) is 0 Å². The minimum absolute atomic E-state index is 0.0694. The first-order valence-electron chi connectivity index (χ1n) is 8.96. The van der Waals surface area contributed by atoms with Gasteiger partial charge in [-0.3, -0.25) is 14.5 Å². The summed E-state index contributed by atoms with van der Waals surface area (Å²) in [4.78, 5) is 26.3. The predicted octanol–water partition coefficient (Wildman–Crippen LogP) is 3.78. The van der Waals surface area contributed by atoms with Crippen LogP contribution in [0.1, 0.15) is 34.6 Å². The number of hydrogen-bond donors (Lipinski definition) is 1. The minimum Gasteiger partial charge on any atom is -0.369 e. The Labute approximate surface area is 169 Å². The fraction of sp³-hybridized carbons (Fsp3) is 0.400. The molecule has 1 aromatic heterocycles. The van der Waals surface area contributed by atoms with Crippen LogP contribution in [0.5, 0.6) is 0 Å². The van der Waals surface area contributed by atoms with Crippen molar-refractivity contribution in [3.63, 3.8) is 0 Å². The Morgan fingerprint density at radius 3 is 2.22 bits per heavy atom. The van der Waals surface area contributed by atoms with Crippen molar-refractivity contribution < 1.29 is 9.59 Å². The zero-order valence-corrected chi connectivity index (χ0v) is 17.0. The molecule has 1 amide bonds. The van der Waals surface area contributed by atoms with Gasteiger partial charge in [-0.15, -0.1) is 0 Å². The molecule has 1 aliphatic rings. The molecule has 1 aromatic carbocycles. The van der Waals surface area contributed by atoms with Crippen LogP contribution in [0.4, 0.5) is 0 Å². The van der Waals surface area contributed by atoms with Crippen LogP contribution in [0.3, 0.4) is 0 Å². The van der Waals surface area contributed by atoms with Crippen LogP contribution in [0.2, 0.25) is 10.0 Å². The molecule has 1 fully saturated rings. The molecule has 0 atom stereocenters. The van der Waals surface area contributed by atoms with Crippen LogP contribution in [0.25, 0.3) is 5.69 Å². The van der Waals surface area contributed by atoms with E-state index in [1.807, 2.05) is 36.6 Å². The highest BCUT2D eigenvalue weighted by Crippen LogP contribution is 2.27. The molecule has 0 spiro atoms. The summed E-state index contributed by atoms with van der Waals surface area (Å²) in [7, 11) is 0. The zero-order chi connectivity index (χ0) is 19.7. The molecule has 0 radical (unpaired) electrons. The fourth-order valence-electron chi connectivity index (χ4n) is 3.77. The number of piperidine rings is 1. The number of aromatic nitrogens is 1. The Kier molecular flexibility index (Phi) is 5.94. The first-order chi connectivity index (χ1) is 12.8. The monoisotopic (exact) mass is 407 g/mol. The molecule has 144 valence electrons. The number of carbonyl (C=O) groups excluding carboxylic acids is 2. The van der Waals surface area contributed by atoms with E-state index in [0.717, 1.165) is 17.1 Å². The van der Waals surface area contributed by atoms with Gasteiger partial charge in [-0.2, -0.15) is 0 Å². The lowest BCUT2D eigenvalue weighted by molar-refractivity contribution is -0.123. The maximum atomic E-state index is 12.9. The van der Waals surface area contributed by atoms with Crippen LogP contribution in [0, 0.1) is 19.8 Å². The third-order valence-electron chi connectivity index (χ3n) is 5.19. The molecule has 1 saturated heterocycles. The number of primary amides is 1. The Bertz CT molecular complexity index is 863. The number of rotatable bonds is 5. The second-order valence-electron chi connectivity index (χ2n) is 7.12. The number of aryl methyl sites for hydroxylation is 1. The summed E-state index contributed by atoms with van der Waals surface area (Å²) in [5.74, 6) is -0.251. The number of likely N-dealkylation sites (tertiary alicyclic amines) is 1. The van der Waals surface area contributed by atoms with E-state index < -0.39 is 0 Å². The van der Waals surface area contributed by atoms with Crippen LogP contribution in [-0.4, -0.2) is 40.8 Å². The van der Waals surface area contributed by atoms with E-state index in [4.69, 9.17) is 28.9 Å². The summed E-state index contributed by atoms with van der Waals surface area (Å²) >= 11 is 12.3. The number of benzene rings is 1. The predicted molar refractivity (Wildman–Crippen MR) is 108 cm³/mol. The van der Waals surface area contributed by atoms with E-state index >= 15 is 0 Å². The quantitative estimate of drug-likeness (QED) is 0.766. The van der Waals surface area contributed by atoms with Gasteiger partial charge in [-0.05, 0) is 64.0 Å². The maximum absolute atomic E-state index is 12.9. The smallest absolute Gasteiger partial charge is 0.220 e. The Morgan fingerprint density at radius 2 is 1.67 bits per heavy atom. The first kappa shape index (κ1) is 19.9. The standard InChI is InChI=1S/C20H23Cl2N3O2/c1-12-7-18(13(2)25(12)17-9-15(21)8-16(22)10-17)19(26)11-24-5-3-14(4-6-24)20(23)27/h7-10,14H,3-6,11H2,1-2H3,(H2,23,27). The second kappa shape index (κ2) is 8.05. The van der Waals surface area contributed by atoms with Gasteiger partial charge >= 0.3 is 0 Å². The Hall–Kier alpha value is -1.82. The second-order valence-corrected chi connectivity index (χ2v) is 8.00. The number of amides is 1. The van der Waals surface area contributed by atoms with Crippen molar-refractivity contribution in [2.75, 3.05) is 19.6 Å².